The smallest absolute Gasteiger partial charge is 0.326 e. The number of anilines is 1. The molecule has 0 saturated heterocycles. The van der Waals surface area contributed by atoms with Gasteiger partial charge in [0.15, 0.2) is 11.8 Å². The highest BCUT2D eigenvalue weighted by Gasteiger charge is 2.31. The quantitative estimate of drug-likeness (QED) is 0.0861. The van der Waals surface area contributed by atoms with E-state index in [0.29, 0.717) is 10.6 Å². The van der Waals surface area contributed by atoms with Crippen molar-refractivity contribution in [2.45, 2.75) is 23.8 Å². The number of esters is 1. The van der Waals surface area contributed by atoms with Crippen molar-refractivity contribution in [2.75, 3.05) is 18.5 Å². The molecular formula is C27H23N3O10S. The molecule has 2 aromatic carbocycles. The number of hydrogen-bond donors (Lipinski definition) is 4. The molecule has 2 heterocycles. The van der Waals surface area contributed by atoms with Crippen LogP contribution in [0.2, 0.25) is 0 Å². The minimum absolute atomic E-state index is 0.0575. The predicted molar refractivity (Wildman–Crippen MR) is 142 cm³/mol. The van der Waals surface area contributed by atoms with Crippen LogP contribution in [0.3, 0.4) is 0 Å². The molecule has 41 heavy (non-hydrogen) atoms. The molecule has 0 bridgehead atoms. The predicted octanol–water partition coefficient (Wildman–Crippen LogP) is 2.94. The fraction of sp³-hybridized carbons (Fsp3) is 0.185. The van der Waals surface area contributed by atoms with Gasteiger partial charge in [0.05, 0.1) is 12.0 Å². The van der Waals surface area contributed by atoms with E-state index in [0.717, 1.165) is 55.9 Å². The minimum atomic E-state index is -0.700. The highest BCUT2D eigenvalue weighted by molar-refractivity contribution is 7.94. The SMILES string of the molecule is O=C(CCN1C(=O)C=CC1=O)Nc1ccc2c(c1)C(COC(=O)Cn1c(O)ccc1O)c1cc(SOOO)ccc1-2. The van der Waals surface area contributed by atoms with Crippen molar-refractivity contribution in [1.29, 1.82) is 0 Å². The highest BCUT2D eigenvalue weighted by Crippen LogP contribution is 2.47. The van der Waals surface area contributed by atoms with Crippen LogP contribution in [-0.2, 0) is 39.8 Å². The third kappa shape index (κ3) is 5.95. The molecule has 14 heteroatoms. The number of aromatic hydroxyl groups is 2. The number of fused-ring (bicyclic) bond motifs is 3. The Bertz CT molecular complexity index is 1530. The Hall–Kier alpha value is -4.63. The highest BCUT2D eigenvalue weighted by atomic mass is 32.2. The Morgan fingerprint density at radius 2 is 1.59 bits per heavy atom. The summed E-state index contributed by atoms with van der Waals surface area (Å²) >= 11 is 0.773. The summed E-state index contributed by atoms with van der Waals surface area (Å²) in [5, 5.41) is 34.6. The second-order valence-corrected chi connectivity index (χ2v) is 9.88. The van der Waals surface area contributed by atoms with Gasteiger partial charge in [0.25, 0.3) is 11.8 Å². The van der Waals surface area contributed by atoms with Gasteiger partial charge in [-0.25, -0.2) is 5.26 Å². The standard InChI is InChI=1S/C27H23N3O10S/c31-22(9-10-29-23(32)5-6-24(29)33)28-15-1-3-17-18-4-2-16(41-40-39-37)12-20(18)21(19(17)11-15)14-38-27(36)13-30-25(34)7-8-26(30)35/h1-8,11-12,21,34-35,37H,9-10,13-14H2,(H,28,31). The summed E-state index contributed by atoms with van der Waals surface area (Å²) in [6, 6.07) is 13.2. The summed E-state index contributed by atoms with van der Waals surface area (Å²) in [7, 11) is 0. The molecule has 1 unspecified atom stereocenters. The molecule has 0 spiro atoms. The largest absolute Gasteiger partial charge is 0.494 e. The average molecular weight is 582 g/mol. The summed E-state index contributed by atoms with van der Waals surface area (Å²) in [6.07, 6.45) is 2.22. The van der Waals surface area contributed by atoms with Crippen molar-refractivity contribution >= 4 is 41.4 Å². The molecule has 2 aliphatic rings. The number of hydrogen-bond acceptors (Lipinski definition) is 11. The second-order valence-electron chi connectivity index (χ2n) is 9.11. The minimum Gasteiger partial charge on any atom is -0.494 e. The van der Waals surface area contributed by atoms with Gasteiger partial charge in [-0.3, -0.25) is 28.6 Å². The van der Waals surface area contributed by atoms with E-state index in [9.17, 15) is 29.4 Å². The number of carbonyl (C=O) groups is 4. The zero-order valence-corrected chi connectivity index (χ0v) is 22.0. The lowest BCUT2D eigenvalue weighted by Crippen LogP contribution is -2.33. The van der Waals surface area contributed by atoms with E-state index in [4.69, 9.17) is 9.99 Å². The molecule has 3 aromatic rings. The lowest BCUT2D eigenvalue weighted by atomic mass is 9.97. The summed E-state index contributed by atoms with van der Waals surface area (Å²) in [5.74, 6) is -3.08. The van der Waals surface area contributed by atoms with Crippen LogP contribution in [0.15, 0.2) is 65.6 Å². The van der Waals surface area contributed by atoms with E-state index in [1.807, 2.05) is 12.1 Å². The number of amides is 3. The van der Waals surface area contributed by atoms with Crippen LogP contribution in [0, 0.1) is 0 Å². The van der Waals surface area contributed by atoms with Gasteiger partial charge in [0.2, 0.25) is 5.91 Å². The van der Waals surface area contributed by atoms with Crippen LogP contribution >= 0.6 is 12.0 Å². The van der Waals surface area contributed by atoms with Crippen LogP contribution < -0.4 is 5.32 Å². The molecule has 13 nitrogen and oxygen atoms in total. The zero-order valence-electron chi connectivity index (χ0n) is 21.2. The topological polar surface area (TPSA) is 177 Å². The summed E-state index contributed by atoms with van der Waals surface area (Å²) in [5.41, 5.74) is 3.70. The van der Waals surface area contributed by atoms with Gasteiger partial charge in [-0.1, -0.05) is 17.2 Å². The van der Waals surface area contributed by atoms with Gasteiger partial charge in [-0.05, 0) is 46.5 Å². The van der Waals surface area contributed by atoms with Gasteiger partial charge >= 0.3 is 5.97 Å². The third-order valence-corrected chi connectivity index (χ3v) is 7.23. The summed E-state index contributed by atoms with van der Waals surface area (Å²) < 4.78 is 11.1. The van der Waals surface area contributed by atoms with Crippen LogP contribution in [-0.4, -0.2) is 61.8 Å². The Balaban J connectivity index is 1.33. The van der Waals surface area contributed by atoms with Crippen LogP contribution in [0.1, 0.15) is 23.5 Å². The Morgan fingerprint density at radius 1 is 0.927 bits per heavy atom. The summed E-state index contributed by atoms with van der Waals surface area (Å²) in [6.45, 7) is -0.572. The van der Waals surface area contributed by atoms with Crippen molar-refractivity contribution < 1.29 is 48.8 Å². The van der Waals surface area contributed by atoms with E-state index in [1.165, 1.54) is 12.1 Å². The van der Waals surface area contributed by atoms with Gasteiger partial charge in [-0.15, -0.1) is 4.33 Å². The number of ether oxygens (including phenoxy) is 1. The van der Waals surface area contributed by atoms with Crippen molar-refractivity contribution in [3.63, 3.8) is 0 Å². The molecule has 4 N–H and O–H groups in total. The van der Waals surface area contributed by atoms with E-state index in [1.54, 1.807) is 24.3 Å². The fourth-order valence-corrected chi connectivity index (χ4v) is 5.16. The first-order chi connectivity index (χ1) is 19.7. The number of nitrogens with zero attached hydrogens (tertiary/aromatic N) is 2. The van der Waals surface area contributed by atoms with Gasteiger partial charge in [0.1, 0.15) is 13.2 Å². The molecule has 1 aliphatic heterocycles. The summed E-state index contributed by atoms with van der Waals surface area (Å²) in [4.78, 5) is 50.3. The molecule has 1 atom stereocenters. The lowest BCUT2D eigenvalue weighted by Gasteiger charge is -2.16. The van der Waals surface area contributed by atoms with Crippen molar-refractivity contribution in [2.24, 2.45) is 0 Å². The van der Waals surface area contributed by atoms with Gasteiger partial charge < -0.3 is 20.3 Å². The molecule has 212 valence electrons. The number of imide groups is 1. The Kier molecular flexibility index (Phi) is 8.07. The van der Waals surface area contributed by atoms with E-state index < -0.39 is 36.2 Å². The number of nitrogens with one attached hydrogen (secondary N) is 1. The lowest BCUT2D eigenvalue weighted by molar-refractivity contribution is -0.432. The molecule has 1 aromatic heterocycles. The molecule has 0 radical (unpaired) electrons. The molecule has 3 amide bonds. The van der Waals surface area contributed by atoms with Gasteiger partial charge in [0, 0.05) is 53.8 Å². The zero-order chi connectivity index (χ0) is 29.1. The molecule has 1 aliphatic carbocycles. The average Bonchev–Trinajstić information content (AvgIpc) is 3.56. The monoisotopic (exact) mass is 581 g/mol. The van der Waals surface area contributed by atoms with Gasteiger partial charge in [-0.2, -0.15) is 0 Å². The molecule has 5 rings (SSSR count). The molecular weight excluding hydrogens is 558 g/mol. The fourth-order valence-electron chi connectivity index (χ4n) is 4.75. The number of aromatic nitrogens is 1. The van der Waals surface area contributed by atoms with Crippen molar-refractivity contribution in [3.8, 4) is 22.9 Å². The van der Waals surface area contributed by atoms with Crippen molar-refractivity contribution in [3.05, 3.63) is 71.8 Å². The van der Waals surface area contributed by atoms with E-state index >= 15 is 0 Å². The maximum atomic E-state index is 12.6. The first-order valence-corrected chi connectivity index (χ1v) is 13.0. The van der Waals surface area contributed by atoms with Crippen LogP contribution in [0.25, 0.3) is 11.1 Å². The molecule has 0 fully saturated rings. The Labute approximate surface area is 236 Å². The maximum Gasteiger partial charge on any atom is 0.326 e. The maximum absolute atomic E-state index is 12.6. The first-order valence-electron chi connectivity index (χ1n) is 12.2. The first kappa shape index (κ1) is 27.9. The van der Waals surface area contributed by atoms with Crippen molar-refractivity contribution in [1.82, 2.24) is 9.47 Å². The number of carbonyl (C=O) groups excluding carboxylic acids is 4. The normalized spacial score (nSPS) is 15.2. The van der Waals surface area contributed by atoms with Crippen LogP contribution in [0.5, 0.6) is 11.8 Å². The number of benzene rings is 2. The Morgan fingerprint density at radius 3 is 2.27 bits per heavy atom. The molecule has 0 saturated carbocycles. The van der Waals surface area contributed by atoms with Crippen LogP contribution in [0.4, 0.5) is 5.69 Å². The number of rotatable bonds is 11. The second kappa shape index (κ2) is 11.9. The van der Waals surface area contributed by atoms with E-state index in [2.05, 4.69) is 14.7 Å². The third-order valence-electron chi connectivity index (χ3n) is 6.66. The van der Waals surface area contributed by atoms with E-state index in [-0.39, 0.29) is 31.3 Å².